The van der Waals surface area contributed by atoms with E-state index in [1.807, 2.05) is 19.0 Å². The van der Waals surface area contributed by atoms with Crippen LogP contribution in [0.1, 0.15) is 12.8 Å². The third kappa shape index (κ3) is 3.93. The number of methoxy groups -OCH3 is 1. The molecule has 0 saturated carbocycles. The lowest BCUT2D eigenvalue weighted by molar-refractivity contribution is -0.148. The van der Waals surface area contributed by atoms with E-state index in [2.05, 4.69) is 5.32 Å². The van der Waals surface area contributed by atoms with Gasteiger partial charge in [-0.2, -0.15) is 0 Å². The molecule has 0 aromatic heterocycles. The number of carbonyl (C=O) groups excluding carboxylic acids is 1. The normalized spacial score (nSPS) is 27.1. The van der Waals surface area contributed by atoms with Crippen molar-refractivity contribution < 1.29 is 17.9 Å². The van der Waals surface area contributed by atoms with Gasteiger partial charge in [-0.15, -0.1) is 0 Å². The van der Waals surface area contributed by atoms with Gasteiger partial charge in [0.1, 0.15) is 5.54 Å². The van der Waals surface area contributed by atoms with Crippen LogP contribution in [-0.2, 0) is 19.4 Å². The van der Waals surface area contributed by atoms with Gasteiger partial charge in [-0.05, 0) is 26.9 Å². The lowest BCUT2D eigenvalue weighted by atomic mass is 9.95. The van der Waals surface area contributed by atoms with Crippen molar-refractivity contribution in [1.82, 2.24) is 10.2 Å². The van der Waals surface area contributed by atoms with E-state index in [-0.39, 0.29) is 11.5 Å². The van der Waals surface area contributed by atoms with E-state index < -0.39 is 21.3 Å². The number of nitrogens with one attached hydrogen (secondary N) is 1. The lowest BCUT2D eigenvalue weighted by Gasteiger charge is -2.35. The summed E-state index contributed by atoms with van der Waals surface area (Å²) in [5.74, 6) is -0.495. The molecule has 0 spiro atoms. The summed E-state index contributed by atoms with van der Waals surface area (Å²) in [5, 5.41) is 3.08. The number of hydrogen-bond donors (Lipinski definition) is 1. The molecular weight excluding hydrogens is 256 g/mol. The van der Waals surface area contributed by atoms with Crippen LogP contribution in [0.4, 0.5) is 0 Å². The fraction of sp³-hybridized carbons (Fsp3) is 0.909. The highest BCUT2D eigenvalue weighted by atomic mass is 32.2. The molecule has 1 saturated heterocycles. The SMILES string of the molecule is COC(=O)C1(NCCN(C)C)CCCS(=O)(=O)C1. The Hall–Kier alpha value is -0.660. The van der Waals surface area contributed by atoms with Crippen molar-refractivity contribution in [2.24, 2.45) is 0 Å². The van der Waals surface area contributed by atoms with Crippen molar-refractivity contribution in [2.45, 2.75) is 18.4 Å². The minimum absolute atomic E-state index is 0.154. The molecule has 18 heavy (non-hydrogen) atoms. The number of likely N-dealkylation sites (N-methyl/N-ethyl adjacent to an activating group) is 1. The zero-order valence-corrected chi connectivity index (χ0v) is 12.0. The van der Waals surface area contributed by atoms with Gasteiger partial charge in [0.05, 0.1) is 18.6 Å². The number of ether oxygens (including phenoxy) is 1. The molecule has 0 amide bonds. The topological polar surface area (TPSA) is 75.7 Å². The Morgan fingerprint density at radius 1 is 1.44 bits per heavy atom. The van der Waals surface area contributed by atoms with Crippen LogP contribution >= 0.6 is 0 Å². The summed E-state index contributed by atoms with van der Waals surface area (Å²) in [4.78, 5) is 13.9. The average molecular weight is 278 g/mol. The van der Waals surface area contributed by atoms with E-state index in [9.17, 15) is 13.2 Å². The Bertz CT molecular complexity index is 394. The molecule has 0 bridgehead atoms. The summed E-state index contributed by atoms with van der Waals surface area (Å²) in [6, 6.07) is 0. The summed E-state index contributed by atoms with van der Waals surface area (Å²) < 4.78 is 28.2. The Kier molecular flexibility index (Phi) is 5.12. The first-order valence-corrected chi connectivity index (χ1v) is 7.82. The minimum atomic E-state index is -3.17. The number of hydrogen-bond acceptors (Lipinski definition) is 6. The second-order valence-electron chi connectivity index (χ2n) is 5.00. The highest BCUT2D eigenvalue weighted by Crippen LogP contribution is 2.24. The molecule has 106 valence electrons. The largest absolute Gasteiger partial charge is 0.468 e. The average Bonchev–Trinajstić information content (AvgIpc) is 2.26. The van der Waals surface area contributed by atoms with Crippen LogP contribution in [0.15, 0.2) is 0 Å². The molecule has 6 nitrogen and oxygen atoms in total. The third-order valence-electron chi connectivity index (χ3n) is 3.12. The molecule has 1 aliphatic heterocycles. The number of nitrogens with zero attached hydrogens (tertiary/aromatic N) is 1. The van der Waals surface area contributed by atoms with Gasteiger partial charge in [0.15, 0.2) is 9.84 Å². The molecular formula is C11H22N2O4S. The van der Waals surface area contributed by atoms with Gasteiger partial charge in [0.25, 0.3) is 0 Å². The molecule has 0 radical (unpaired) electrons. The first kappa shape index (κ1) is 15.4. The van der Waals surface area contributed by atoms with E-state index in [4.69, 9.17) is 4.74 Å². The molecule has 1 rings (SSSR count). The van der Waals surface area contributed by atoms with Crippen LogP contribution in [0, 0.1) is 0 Å². The molecule has 1 N–H and O–H groups in total. The van der Waals surface area contributed by atoms with Crippen molar-refractivity contribution >= 4 is 15.8 Å². The van der Waals surface area contributed by atoms with Gasteiger partial charge in [-0.3, -0.25) is 10.1 Å². The Labute approximate surface area is 109 Å². The number of esters is 1. The van der Waals surface area contributed by atoms with Crippen LogP contribution in [0.3, 0.4) is 0 Å². The maximum Gasteiger partial charge on any atom is 0.327 e. The molecule has 1 atom stereocenters. The summed E-state index contributed by atoms with van der Waals surface area (Å²) in [6.07, 6.45) is 0.999. The van der Waals surface area contributed by atoms with Crippen molar-refractivity contribution in [3.05, 3.63) is 0 Å². The van der Waals surface area contributed by atoms with Gasteiger partial charge in [-0.1, -0.05) is 0 Å². The van der Waals surface area contributed by atoms with Crippen LogP contribution in [-0.4, -0.2) is 70.6 Å². The maximum absolute atomic E-state index is 11.9. The smallest absolute Gasteiger partial charge is 0.327 e. The van der Waals surface area contributed by atoms with E-state index in [1.54, 1.807) is 0 Å². The minimum Gasteiger partial charge on any atom is -0.468 e. The zero-order chi connectivity index (χ0) is 13.8. The van der Waals surface area contributed by atoms with Crippen LogP contribution in [0.5, 0.6) is 0 Å². The maximum atomic E-state index is 11.9. The molecule has 1 unspecified atom stereocenters. The number of carbonyl (C=O) groups is 1. The highest BCUT2D eigenvalue weighted by molar-refractivity contribution is 7.91. The van der Waals surface area contributed by atoms with E-state index >= 15 is 0 Å². The molecule has 0 aromatic carbocycles. The van der Waals surface area contributed by atoms with Gasteiger partial charge in [-0.25, -0.2) is 8.42 Å². The van der Waals surface area contributed by atoms with Gasteiger partial charge in [0, 0.05) is 13.1 Å². The van der Waals surface area contributed by atoms with Gasteiger partial charge < -0.3 is 9.64 Å². The monoisotopic (exact) mass is 278 g/mol. The summed E-state index contributed by atoms with van der Waals surface area (Å²) in [7, 11) is 1.96. The van der Waals surface area contributed by atoms with E-state index in [0.29, 0.717) is 19.4 Å². The Morgan fingerprint density at radius 3 is 2.61 bits per heavy atom. The second-order valence-corrected chi connectivity index (χ2v) is 7.18. The lowest BCUT2D eigenvalue weighted by Crippen LogP contribution is -2.60. The predicted molar refractivity (Wildman–Crippen MR) is 69.2 cm³/mol. The highest BCUT2D eigenvalue weighted by Gasteiger charge is 2.45. The fourth-order valence-electron chi connectivity index (χ4n) is 2.20. The van der Waals surface area contributed by atoms with E-state index in [0.717, 1.165) is 6.54 Å². The standard InChI is InChI=1S/C11H22N2O4S/c1-13(2)7-6-12-11(10(14)17-3)5-4-8-18(15,16)9-11/h12H,4-9H2,1-3H3. The molecule has 1 heterocycles. The molecule has 1 aliphatic rings. The number of rotatable bonds is 5. The van der Waals surface area contributed by atoms with Crippen molar-refractivity contribution in [1.29, 1.82) is 0 Å². The summed E-state index contributed by atoms with van der Waals surface area (Å²) in [5.41, 5.74) is -1.07. The van der Waals surface area contributed by atoms with Crippen LogP contribution in [0.2, 0.25) is 0 Å². The third-order valence-corrected chi connectivity index (χ3v) is 4.97. The molecule has 1 fully saturated rings. The Balaban J connectivity index is 2.79. The second kappa shape index (κ2) is 5.99. The summed E-state index contributed by atoms with van der Waals surface area (Å²) >= 11 is 0. The Morgan fingerprint density at radius 2 is 2.11 bits per heavy atom. The molecule has 7 heteroatoms. The fourth-order valence-corrected chi connectivity index (χ4v) is 4.04. The summed E-state index contributed by atoms with van der Waals surface area (Å²) in [6.45, 7) is 1.29. The van der Waals surface area contributed by atoms with E-state index in [1.165, 1.54) is 7.11 Å². The zero-order valence-electron chi connectivity index (χ0n) is 11.2. The molecule has 0 aromatic rings. The van der Waals surface area contributed by atoms with Gasteiger partial charge >= 0.3 is 5.97 Å². The first-order valence-electron chi connectivity index (χ1n) is 6.00. The quantitative estimate of drug-likeness (QED) is 0.668. The van der Waals surface area contributed by atoms with Crippen molar-refractivity contribution in [3.8, 4) is 0 Å². The molecule has 0 aliphatic carbocycles. The first-order chi connectivity index (χ1) is 8.31. The van der Waals surface area contributed by atoms with Crippen LogP contribution < -0.4 is 5.32 Å². The predicted octanol–water partition coefficient (Wildman–Crippen LogP) is -0.742. The van der Waals surface area contributed by atoms with Gasteiger partial charge in [0.2, 0.25) is 0 Å². The van der Waals surface area contributed by atoms with Crippen molar-refractivity contribution in [2.75, 3.05) is 45.8 Å². The van der Waals surface area contributed by atoms with Crippen LogP contribution in [0.25, 0.3) is 0 Å². The number of sulfone groups is 1. The van der Waals surface area contributed by atoms with Crippen molar-refractivity contribution in [3.63, 3.8) is 0 Å².